The van der Waals surface area contributed by atoms with Crippen molar-refractivity contribution in [3.8, 4) is 5.75 Å². The SMILES string of the molecule is COc1cccc2c1N(C(=O)CCN1C(=O)c3ccccc3C1=O)CCC2=O. The molecule has 2 aliphatic heterocycles. The first kappa shape index (κ1) is 17.9. The summed E-state index contributed by atoms with van der Waals surface area (Å²) in [4.78, 5) is 52.6. The van der Waals surface area contributed by atoms with Crippen LogP contribution in [0.25, 0.3) is 0 Å². The van der Waals surface area contributed by atoms with Gasteiger partial charge in [0.05, 0.1) is 23.9 Å². The summed E-state index contributed by atoms with van der Waals surface area (Å²) in [5, 5.41) is 0. The van der Waals surface area contributed by atoms with E-state index in [9.17, 15) is 19.2 Å². The fourth-order valence-corrected chi connectivity index (χ4v) is 3.68. The Hall–Kier alpha value is -3.48. The van der Waals surface area contributed by atoms with E-state index in [1.807, 2.05) is 0 Å². The zero-order valence-corrected chi connectivity index (χ0v) is 15.3. The molecule has 28 heavy (non-hydrogen) atoms. The number of hydrogen-bond donors (Lipinski definition) is 0. The highest BCUT2D eigenvalue weighted by Crippen LogP contribution is 2.36. The van der Waals surface area contributed by atoms with Gasteiger partial charge >= 0.3 is 0 Å². The predicted octanol–water partition coefficient (Wildman–Crippen LogP) is 2.30. The zero-order chi connectivity index (χ0) is 19.8. The van der Waals surface area contributed by atoms with E-state index >= 15 is 0 Å². The Morgan fingerprint density at radius 2 is 1.61 bits per heavy atom. The van der Waals surface area contributed by atoms with Crippen LogP contribution in [0.2, 0.25) is 0 Å². The van der Waals surface area contributed by atoms with Crippen molar-refractivity contribution in [1.82, 2.24) is 4.90 Å². The van der Waals surface area contributed by atoms with Crippen LogP contribution in [0.5, 0.6) is 5.75 Å². The van der Waals surface area contributed by atoms with E-state index in [0.717, 1.165) is 4.90 Å². The van der Waals surface area contributed by atoms with Crippen molar-refractivity contribution in [3.05, 3.63) is 59.2 Å². The maximum atomic E-state index is 12.9. The molecule has 0 bridgehead atoms. The molecule has 0 N–H and O–H groups in total. The second-order valence-corrected chi connectivity index (χ2v) is 6.63. The van der Waals surface area contributed by atoms with E-state index in [1.165, 1.54) is 12.0 Å². The monoisotopic (exact) mass is 378 g/mol. The molecule has 0 saturated carbocycles. The first-order valence-corrected chi connectivity index (χ1v) is 8.98. The molecule has 0 aliphatic carbocycles. The van der Waals surface area contributed by atoms with Gasteiger partial charge in [-0.3, -0.25) is 24.1 Å². The van der Waals surface area contributed by atoms with Gasteiger partial charge in [-0.25, -0.2) is 0 Å². The van der Waals surface area contributed by atoms with Crippen molar-refractivity contribution in [3.63, 3.8) is 0 Å². The molecular weight excluding hydrogens is 360 g/mol. The number of hydrogen-bond acceptors (Lipinski definition) is 5. The van der Waals surface area contributed by atoms with Crippen molar-refractivity contribution < 1.29 is 23.9 Å². The number of benzene rings is 2. The number of methoxy groups -OCH3 is 1. The summed E-state index contributed by atoms with van der Waals surface area (Å²) >= 11 is 0. The van der Waals surface area contributed by atoms with Crippen LogP contribution in [0, 0.1) is 0 Å². The highest BCUT2D eigenvalue weighted by Gasteiger charge is 2.36. The van der Waals surface area contributed by atoms with Gasteiger partial charge in [-0.05, 0) is 24.3 Å². The molecule has 3 amide bonds. The second-order valence-electron chi connectivity index (χ2n) is 6.63. The molecule has 0 saturated heterocycles. The van der Waals surface area contributed by atoms with E-state index in [1.54, 1.807) is 42.5 Å². The van der Waals surface area contributed by atoms with Gasteiger partial charge in [0, 0.05) is 31.5 Å². The summed E-state index contributed by atoms with van der Waals surface area (Å²) in [6.07, 6.45) is 0.191. The summed E-state index contributed by atoms with van der Waals surface area (Å²) in [5.41, 5.74) is 1.61. The molecule has 0 aromatic heterocycles. The Morgan fingerprint density at radius 1 is 0.964 bits per heavy atom. The van der Waals surface area contributed by atoms with Crippen molar-refractivity contribution >= 4 is 29.2 Å². The van der Waals surface area contributed by atoms with Crippen LogP contribution in [0.15, 0.2) is 42.5 Å². The Morgan fingerprint density at radius 3 is 2.25 bits per heavy atom. The van der Waals surface area contributed by atoms with Crippen molar-refractivity contribution in [2.75, 3.05) is 25.1 Å². The van der Waals surface area contributed by atoms with Gasteiger partial charge in [0.15, 0.2) is 5.78 Å². The van der Waals surface area contributed by atoms with Gasteiger partial charge in [0.2, 0.25) is 5.91 Å². The van der Waals surface area contributed by atoms with Crippen molar-refractivity contribution in [2.24, 2.45) is 0 Å². The normalized spacial score (nSPS) is 15.5. The molecule has 0 spiro atoms. The molecular formula is C21H18N2O5. The van der Waals surface area contributed by atoms with Crippen LogP contribution < -0.4 is 9.64 Å². The Labute approximate surface area is 161 Å². The molecule has 2 aromatic carbocycles. The molecule has 2 heterocycles. The molecule has 4 rings (SSSR count). The lowest BCUT2D eigenvalue weighted by Crippen LogP contribution is -2.40. The van der Waals surface area contributed by atoms with Gasteiger partial charge in [-0.2, -0.15) is 0 Å². The number of nitrogens with zero attached hydrogens (tertiary/aromatic N) is 2. The number of carbonyl (C=O) groups is 4. The first-order chi connectivity index (χ1) is 13.5. The quantitative estimate of drug-likeness (QED) is 0.763. The van der Waals surface area contributed by atoms with Crippen molar-refractivity contribution in [1.29, 1.82) is 0 Å². The summed E-state index contributed by atoms with van der Waals surface area (Å²) in [6.45, 7) is 0.229. The number of imide groups is 1. The van der Waals surface area contributed by atoms with Crippen LogP contribution >= 0.6 is 0 Å². The number of ether oxygens (including phenoxy) is 1. The fraction of sp³-hybridized carbons (Fsp3) is 0.238. The average Bonchev–Trinajstić information content (AvgIpc) is 2.96. The lowest BCUT2D eigenvalue weighted by Gasteiger charge is -2.30. The molecule has 0 atom stereocenters. The molecule has 2 aromatic rings. The standard InChI is InChI=1S/C21H18N2O5/c1-28-17-8-4-7-15-16(24)9-11-22(19(15)17)18(25)10-12-23-20(26)13-5-2-3-6-14(13)21(23)27/h2-8H,9-12H2,1H3. The lowest BCUT2D eigenvalue weighted by molar-refractivity contribution is -0.118. The number of amides is 3. The molecule has 2 aliphatic rings. The zero-order valence-electron chi connectivity index (χ0n) is 15.3. The summed E-state index contributed by atoms with van der Waals surface area (Å²) in [7, 11) is 1.48. The largest absolute Gasteiger partial charge is 0.495 e. The number of para-hydroxylation sites is 1. The minimum Gasteiger partial charge on any atom is -0.495 e. The number of rotatable bonds is 4. The third-order valence-corrected chi connectivity index (χ3v) is 5.08. The topological polar surface area (TPSA) is 84.0 Å². The minimum absolute atomic E-state index is 0.0138. The molecule has 142 valence electrons. The number of anilines is 1. The van der Waals surface area contributed by atoms with E-state index < -0.39 is 0 Å². The average molecular weight is 378 g/mol. The number of carbonyl (C=O) groups excluding carboxylic acids is 4. The van der Waals surface area contributed by atoms with Crippen LogP contribution in [0.1, 0.15) is 43.9 Å². The summed E-state index contributed by atoms with van der Waals surface area (Å²) in [5.74, 6) is -0.645. The lowest BCUT2D eigenvalue weighted by atomic mass is 9.99. The maximum absolute atomic E-state index is 12.9. The Kier molecular flexibility index (Phi) is 4.43. The smallest absolute Gasteiger partial charge is 0.261 e. The number of fused-ring (bicyclic) bond motifs is 2. The van der Waals surface area contributed by atoms with Gasteiger partial charge in [0.25, 0.3) is 11.8 Å². The summed E-state index contributed by atoms with van der Waals surface area (Å²) in [6, 6.07) is 11.7. The van der Waals surface area contributed by atoms with E-state index in [4.69, 9.17) is 4.74 Å². The Bertz CT molecular complexity index is 979. The molecule has 0 unspecified atom stereocenters. The van der Waals surface area contributed by atoms with Crippen LogP contribution in [-0.4, -0.2) is 48.6 Å². The predicted molar refractivity (Wildman–Crippen MR) is 101 cm³/mol. The van der Waals surface area contributed by atoms with E-state index in [0.29, 0.717) is 28.1 Å². The molecule has 7 nitrogen and oxygen atoms in total. The van der Waals surface area contributed by atoms with Crippen LogP contribution in [0.4, 0.5) is 5.69 Å². The van der Waals surface area contributed by atoms with Gasteiger partial charge < -0.3 is 9.64 Å². The molecule has 7 heteroatoms. The van der Waals surface area contributed by atoms with Gasteiger partial charge in [0.1, 0.15) is 5.75 Å². The highest BCUT2D eigenvalue weighted by atomic mass is 16.5. The third-order valence-electron chi connectivity index (χ3n) is 5.08. The minimum atomic E-state index is -0.389. The van der Waals surface area contributed by atoms with Crippen molar-refractivity contribution in [2.45, 2.75) is 12.8 Å². The highest BCUT2D eigenvalue weighted by molar-refractivity contribution is 6.21. The van der Waals surface area contributed by atoms with Gasteiger partial charge in [-0.15, -0.1) is 0 Å². The van der Waals surface area contributed by atoms with Crippen LogP contribution in [0.3, 0.4) is 0 Å². The number of Topliss-reactive ketones (excluding diaryl/α,β-unsaturated/α-hetero) is 1. The van der Waals surface area contributed by atoms with Gasteiger partial charge in [-0.1, -0.05) is 18.2 Å². The van der Waals surface area contributed by atoms with E-state index in [-0.39, 0.29) is 49.4 Å². The number of ketones is 1. The molecule has 0 radical (unpaired) electrons. The molecule has 0 fully saturated rings. The van der Waals surface area contributed by atoms with E-state index in [2.05, 4.69) is 0 Å². The Balaban J connectivity index is 1.53. The van der Waals surface area contributed by atoms with Crippen LogP contribution in [-0.2, 0) is 4.79 Å². The third kappa shape index (κ3) is 2.76. The first-order valence-electron chi connectivity index (χ1n) is 8.98. The summed E-state index contributed by atoms with van der Waals surface area (Å²) < 4.78 is 5.33. The second kappa shape index (κ2) is 6.92. The maximum Gasteiger partial charge on any atom is 0.261 e. The fourth-order valence-electron chi connectivity index (χ4n) is 3.68.